The van der Waals surface area contributed by atoms with Gasteiger partial charge in [-0.3, -0.25) is 24.7 Å². The summed E-state index contributed by atoms with van der Waals surface area (Å²) in [4.78, 5) is 65.2. The Bertz CT molecular complexity index is 3720. The third kappa shape index (κ3) is 16.6. The maximum Gasteiger partial charge on any atom is 0.340 e. The van der Waals surface area contributed by atoms with Gasteiger partial charge < -0.3 is 73.4 Å². The van der Waals surface area contributed by atoms with Gasteiger partial charge in [0.15, 0.2) is 15.8 Å². The molecule has 0 atom stereocenters. The molecule has 8 aromatic rings. The average molecular weight is 1250 g/mol. The molecule has 1 spiro atoms. The molecule has 0 bridgehead atoms. The van der Waals surface area contributed by atoms with Gasteiger partial charge in [0.05, 0.1) is 108 Å². The van der Waals surface area contributed by atoms with E-state index < -0.39 is 17.5 Å². The van der Waals surface area contributed by atoms with Crippen molar-refractivity contribution >= 4 is 74.3 Å². The molecular weight excluding hydrogens is 1180 g/mol. The number of amides is 2. The van der Waals surface area contributed by atoms with Crippen LogP contribution in [0.3, 0.4) is 0 Å². The number of rotatable bonds is 32. The monoisotopic (exact) mass is 1250 g/mol. The number of aromatic nitrogens is 4. The zero-order valence-corrected chi connectivity index (χ0v) is 50.3. The molecule has 0 unspecified atom stereocenters. The minimum atomic E-state index is -1.35. The van der Waals surface area contributed by atoms with Gasteiger partial charge in [0, 0.05) is 77.7 Å². The van der Waals surface area contributed by atoms with Crippen LogP contribution in [-0.4, -0.2) is 144 Å². The van der Waals surface area contributed by atoms with E-state index in [0.717, 1.165) is 22.6 Å². The predicted octanol–water partition coefficient (Wildman–Crippen LogP) is 8.57. The molecule has 6 N–H and O–H groups in total. The molecule has 2 amide bonds. The molecule has 0 radical (unpaired) electrons. The fourth-order valence-corrected chi connectivity index (χ4v) is 10.8. The van der Waals surface area contributed by atoms with E-state index in [4.69, 9.17) is 54.8 Å². The normalized spacial score (nSPS) is 12.6. The first-order valence-corrected chi connectivity index (χ1v) is 30.1. The quantitative estimate of drug-likeness (QED) is 0.00996. The van der Waals surface area contributed by atoms with Crippen LogP contribution in [0.5, 0.6) is 28.7 Å². The summed E-state index contributed by atoms with van der Waals surface area (Å²) < 4.78 is 53.1. The van der Waals surface area contributed by atoms with E-state index in [-0.39, 0.29) is 36.3 Å². The summed E-state index contributed by atoms with van der Waals surface area (Å²) in [6.07, 6.45) is 2.67. The highest BCUT2D eigenvalue weighted by molar-refractivity contribution is 7.80. The van der Waals surface area contributed by atoms with E-state index in [1.807, 2.05) is 41.1 Å². The summed E-state index contributed by atoms with van der Waals surface area (Å²) >= 11 is 6.81. The zero-order valence-electron chi connectivity index (χ0n) is 48.7. The number of phenols is 2. The fourth-order valence-electron chi connectivity index (χ4n) is 9.90. The number of carbonyl (C=O) groups is 4. The molecule has 2 aliphatic rings. The maximum atomic E-state index is 13.4. The predicted molar refractivity (Wildman–Crippen MR) is 333 cm³/mol. The molecule has 5 aromatic carbocycles. The number of thiazole rings is 1. The fraction of sp³-hybridized carbons (Fsp3) is 0.312. The number of nitrogens with one attached hydrogen (secondary N) is 4. The van der Waals surface area contributed by atoms with Gasteiger partial charge in [0.25, 0.3) is 5.91 Å². The number of anilines is 2. The Labute approximate surface area is 521 Å². The number of imidazole rings is 1. The maximum absolute atomic E-state index is 13.4. The van der Waals surface area contributed by atoms with Crippen LogP contribution in [-0.2, 0) is 61.4 Å². The van der Waals surface area contributed by atoms with E-state index in [0.29, 0.717) is 177 Å². The number of hydrogen-bond acceptors (Lipinski definition) is 20. The Balaban J connectivity index is 0.494. The summed E-state index contributed by atoms with van der Waals surface area (Å²) in [5.74, 6) is 0.376. The SMILES string of the molecule is Cc1nc2cc(C(=O)Nc3nc(-c4ccccn4)cs3)ccc2n1CCCC(=O)NCc1ccc(OC(=O)CCOCCOCCOCCOCCOCCOCCNC(=S)Nc2ccc3c(c2)C(=O)OC32c3ccc(O)cc3Oc3cc(O)ccc32)cc1. The van der Waals surface area contributed by atoms with Crippen LogP contribution < -0.4 is 30.7 Å². The van der Waals surface area contributed by atoms with E-state index >= 15 is 0 Å². The first-order valence-electron chi connectivity index (χ1n) is 28.9. The van der Waals surface area contributed by atoms with Gasteiger partial charge in [0.2, 0.25) is 5.91 Å². The number of fused-ring (bicyclic) bond motifs is 7. The van der Waals surface area contributed by atoms with Crippen molar-refractivity contribution < 1.29 is 72.0 Å². The van der Waals surface area contributed by atoms with Crippen LogP contribution in [0.4, 0.5) is 10.8 Å². The van der Waals surface area contributed by atoms with Gasteiger partial charge in [0.1, 0.15) is 40.3 Å². The highest BCUT2D eigenvalue weighted by atomic mass is 32.1. The van der Waals surface area contributed by atoms with Crippen LogP contribution in [0.25, 0.3) is 22.4 Å². The highest BCUT2D eigenvalue weighted by Crippen LogP contribution is 2.57. The van der Waals surface area contributed by atoms with Gasteiger partial charge in [-0.15, -0.1) is 11.3 Å². The number of nitrogens with zero attached hydrogens (tertiary/aromatic N) is 4. The van der Waals surface area contributed by atoms with Crippen LogP contribution in [0.2, 0.25) is 0 Å². The third-order valence-electron chi connectivity index (χ3n) is 14.2. The Hall–Kier alpha value is -8.92. The summed E-state index contributed by atoms with van der Waals surface area (Å²) in [7, 11) is 0. The molecule has 3 aromatic heterocycles. The van der Waals surface area contributed by atoms with Gasteiger partial charge >= 0.3 is 11.9 Å². The summed E-state index contributed by atoms with van der Waals surface area (Å²) in [6, 6.07) is 32.4. The molecule has 0 saturated carbocycles. The van der Waals surface area contributed by atoms with E-state index in [1.165, 1.54) is 35.6 Å². The second kappa shape index (κ2) is 30.8. The number of aryl methyl sites for hydroxylation is 2. The number of thiocarbonyl (C=S) groups is 1. The van der Waals surface area contributed by atoms with Crippen molar-refractivity contribution in [3.63, 3.8) is 0 Å². The Kier molecular flexibility index (Phi) is 21.9. The van der Waals surface area contributed by atoms with Gasteiger partial charge in [-0.2, -0.15) is 0 Å². The van der Waals surface area contributed by atoms with Crippen LogP contribution in [0.15, 0.2) is 127 Å². The van der Waals surface area contributed by atoms with Crippen molar-refractivity contribution in [2.45, 2.75) is 44.9 Å². The Morgan fingerprint density at radius 2 is 1.33 bits per heavy atom. The molecule has 2 aliphatic heterocycles. The lowest BCUT2D eigenvalue weighted by Gasteiger charge is -2.36. The Morgan fingerprint density at radius 1 is 0.674 bits per heavy atom. The van der Waals surface area contributed by atoms with Crippen LogP contribution >= 0.6 is 23.6 Å². The molecule has 25 heteroatoms. The molecule has 10 rings (SSSR count). The number of ether oxygens (including phenoxy) is 9. The summed E-state index contributed by atoms with van der Waals surface area (Å²) in [5, 5.41) is 35.0. The minimum absolute atomic E-state index is 0.0222. The van der Waals surface area contributed by atoms with Crippen molar-refractivity contribution in [1.82, 2.24) is 30.2 Å². The highest BCUT2D eigenvalue weighted by Gasteiger charge is 2.53. The largest absolute Gasteiger partial charge is 0.508 e. The summed E-state index contributed by atoms with van der Waals surface area (Å²) in [6.45, 7) is 7.60. The Morgan fingerprint density at radius 3 is 1.99 bits per heavy atom. The van der Waals surface area contributed by atoms with E-state index in [1.54, 1.807) is 72.9 Å². The molecule has 0 saturated heterocycles. The van der Waals surface area contributed by atoms with Crippen molar-refractivity contribution in [1.29, 1.82) is 0 Å². The second-order valence-corrected chi connectivity index (χ2v) is 21.6. The smallest absolute Gasteiger partial charge is 0.340 e. The number of carbonyl (C=O) groups excluding carboxylic acids is 4. The topological polar surface area (TPSA) is 284 Å². The van der Waals surface area contributed by atoms with Gasteiger partial charge in [-0.05, 0) is 110 Å². The van der Waals surface area contributed by atoms with Crippen LogP contribution in [0.1, 0.15) is 68.1 Å². The van der Waals surface area contributed by atoms with Crippen molar-refractivity contribution in [3.8, 4) is 40.1 Å². The van der Waals surface area contributed by atoms with Crippen molar-refractivity contribution in [3.05, 3.63) is 166 Å². The molecular formula is C64H66N8O15S2. The molecule has 89 heavy (non-hydrogen) atoms. The zero-order chi connectivity index (χ0) is 62.0. The lowest BCUT2D eigenvalue weighted by Crippen LogP contribution is -2.33. The number of pyridine rings is 1. The lowest BCUT2D eigenvalue weighted by atomic mass is 9.77. The van der Waals surface area contributed by atoms with E-state index in [2.05, 4.69) is 36.2 Å². The number of hydrogen-bond donors (Lipinski definition) is 6. The third-order valence-corrected chi connectivity index (χ3v) is 15.2. The minimum Gasteiger partial charge on any atom is -0.508 e. The molecule has 464 valence electrons. The number of phenolic OH excluding ortho intramolecular Hbond substituents is 2. The lowest BCUT2D eigenvalue weighted by molar-refractivity contribution is -0.135. The number of esters is 2. The summed E-state index contributed by atoms with van der Waals surface area (Å²) in [5.41, 5.74) is 5.51. The second-order valence-electron chi connectivity index (χ2n) is 20.3. The van der Waals surface area contributed by atoms with Crippen molar-refractivity contribution in [2.24, 2.45) is 0 Å². The molecule has 5 heterocycles. The molecule has 0 aliphatic carbocycles. The van der Waals surface area contributed by atoms with Gasteiger partial charge in [-0.25, -0.2) is 14.8 Å². The van der Waals surface area contributed by atoms with Crippen LogP contribution in [0, 0.1) is 6.92 Å². The molecule has 0 fully saturated rings. The standard InChI is InChI=1S/C64H66N8O15S2/c1-41-68-53-35-43(60(77)71-63-70-54(40-89-63)52-5-2-3-20-65-52)9-18-55(53)72(41)22-4-6-58(75)67-39-42-7-13-47(14-8-42)85-59(76)19-23-79-25-27-81-29-31-83-33-34-84-32-30-82-28-26-80-24-21-66-62(88)69-44-10-15-49-48(36-44)61(78)87-64(49)50-16-11-45(73)37-56(50)86-57-38-46(74)12-17-51(57)64/h2-3,5,7-18,20,35-38,40,73-74H,4,6,19,21-34,39H2,1H3,(H,67,75)(H2,66,69,88)(H,70,71,77). The van der Waals surface area contributed by atoms with E-state index in [9.17, 15) is 29.4 Å². The number of aromatic hydroxyl groups is 2. The first-order chi connectivity index (χ1) is 43.4. The first kappa shape index (κ1) is 63.1. The molecule has 23 nitrogen and oxygen atoms in total. The number of benzene rings is 5. The average Bonchev–Trinajstić information content (AvgIpc) is 1.64. The van der Waals surface area contributed by atoms with Crippen molar-refractivity contribution in [2.75, 3.05) is 96.5 Å². The van der Waals surface area contributed by atoms with Gasteiger partial charge in [-0.1, -0.05) is 24.3 Å².